The van der Waals surface area contributed by atoms with Gasteiger partial charge < -0.3 is 4.74 Å². The van der Waals surface area contributed by atoms with Crippen LogP contribution in [0.1, 0.15) is 46.9 Å². The summed E-state index contributed by atoms with van der Waals surface area (Å²) in [6.07, 6.45) is 3.18. The molecule has 0 bridgehead atoms. The van der Waals surface area contributed by atoms with E-state index in [0.717, 1.165) is 19.3 Å². The Balaban J connectivity index is 2.02. The predicted molar refractivity (Wildman–Crippen MR) is 59.5 cm³/mol. The minimum Gasteiger partial charge on any atom is -0.459 e. The van der Waals surface area contributed by atoms with Gasteiger partial charge in [-0.1, -0.05) is 12.1 Å². The van der Waals surface area contributed by atoms with Crippen molar-refractivity contribution in [1.82, 2.24) is 0 Å². The van der Waals surface area contributed by atoms with Crippen LogP contribution >= 0.6 is 0 Å². The number of hydrogen-bond donors (Lipinski definition) is 0. The molecule has 1 aromatic rings. The number of ketones is 1. The fourth-order valence-corrected chi connectivity index (χ4v) is 1.55. The highest BCUT2D eigenvalue weighted by Crippen LogP contribution is 2.23. The Bertz CT molecular complexity index is 402. The highest BCUT2D eigenvalue weighted by atomic mass is 16.5. The van der Waals surface area contributed by atoms with Gasteiger partial charge in [-0.05, 0) is 38.3 Å². The molecule has 0 N–H and O–H groups in total. The van der Waals surface area contributed by atoms with Crippen molar-refractivity contribution in [2.75, 3.05) is 0 Å². The van der Waals surface area contributed by atoms with Crippen molar-refractivity contribution in [3.63, 3.8) is 0 Å². The fourth-order valence-electron chi connectivity index (χ4n) is 1.55. The zero-order chi connectivity index (χ0) is 11.5. The average Bonchev–Trinajstić information content (AvgIpc) is 2.23. The molecular weight excluding hydrogens is 204 g/mol. The Hall–Kier alpha value is -1.64. The minimum atomic E-state index is -0.292. The van der Waals surface area contributed by atoms with Gasteiger partial charge in [0.15, 0.2) is 5.78 Å². The summed E-state index contributed by atoms with van der Waals surface area (Å²) in [4.78, 5) is 22.7. The lowest BCUT2D eigenvalue weighted by Gasteiger charge is -2.25. The molecule has 3 heteroatoms. The standard InChI is InChI=1S/C13H14O3/c1-9(14)10-5-7-11(8-6-10)13(15)16-12-3-2-4-12/h5-8,12H,2-4H2,1H3. The van der Waals surface area contributed by atoms with E-state index in [-0.39, 0.29) is 17.9 Å². The monoisotopic (exact) mass is 218 g/mol. The molecule has 0 spiro atoms. The van der Waals surface area contributed by atoms with Gasteiger partial charge in [-0.15, -0.1) is 0 Å². The maximum absolute atomic E-state index is 11.6. The van der Waals surface area contributed by atoms with E-state index in [9.17, 15) is 9.59 Å². The summed E-state index contributed by atoms with van der Waals surface area (Å²) in [5.41, 5.74) is 1.12. The Labute approximate surface area is 94.4 Å². The summed E-state index contributed by atoms with van der Waals surface area (Å²) >= 11 is 0. The third-order valence-electron chi connectivity index (χ3n) is 2.85. The second-order valence-electron chi connectivity index (χ2n) is 4.09. The molecule has 0 aliphatic heterocycles. The molecular formula is C13H14O3. The summed E-state index contributed by atoms with van der Waals surface area (Å²) < 4.78 is 5.25. The maximum atomic E-state index is 11.6. The zero-order valence-electron chi connectivity index (χ0n) is 9.23. The smallest absolute Gasteiger partial charge is 0.338 e. The zero-order valence-corrected chi connectivity index (χ0v) is 9.23. The number of benzene rings is 1. The van der Waals surface area contributed by atoms with E-state index in [2.05, 4.69) is 0 Å². The molecule has 0 saturated heterocycles. The molecule has 0 heterocycles. The summed E-state index contributed by atoms with van der Waals surface area (Å²) in [5, 5.41) is 0. The van der Waals surface area contributed by atoms with Crippen LogP contribution in [0.25, 0.3) is 0 Å². The summed E-state index contributed by atoms with van der Waals surface area (Å²) in [5.74, 6) is -0.293. The fraction of sp³-hybridized carbons (Fsp3) is 0.385. The van der Waals surface area contributed by atoms with Crippen LogP contribution in [0.15, 0.2) is 24.3 Å². The van der Waals surface area contributed by atoms with Crippen molar-refractivity contribution < 1.29 is 14.3 Å². The third kappa shape index (κ3) is 2.30. The summed E-state index contributed by atoms with van der Waals surface area (Å²) in [6, 6.07) is 6.58. The molecule has 1 saturated carbocycles. The van der Waals surface area contributed by atoms with E-state index in [1.807, 2.05) is 0 Å². The highest BCUT2D eigenvalue weighted by Gasteiger charge is 2.22. The average molecular weight is 218 g/mol. The van der Waals surface area contributed by atoms with Crippen LogP contribution in [-0.4, -0.2) is 17.9 Å². The van der Waals surface area contributed by atoms with Gasteiger partial charge in [0.2, 0.25) is 0 Å². The lowest BCUT2D eigenvalue weighted by Crippen LogP contribution is -2.25. The normalized spacial score (nSPS) is 15.3. The van der Waals surface area contributed by atoms with Gasteiger partial charge in [0.1, 0.15) is 6.10 Å². The van der Waals surface area contributed by atoms with Crippen molar-refractivity contribution in [3.05, 3.63) is 35.4 Å². The van der Waals surface area contributed by atoms with Gasteiger partial charge in [0.05, 0.1) is 5.56 Å². The molecule has 0 radical (unpaired) electrons. The lowest BCUT2D eigenvalue weighted by molar-refractivity contribution is 0.00899. The van der Waals surface area contributed by atoms with E-state index in [0.29, 0.717) is 11.1 Å². The van der Waals surface area contributed by atoms with Gasteiger partial charge in [0.25, 0.3) is 0 Å². The van der Waals surface area contributed by atoms with Gasteiger partial charge >= 0.3 is 5.97 Å². The number of Topliss-reactive ketones (excluding diaryl/α,β-unsaturated/α-hetero) is 1. The van der Waals surface area contributed by atoms with Crippen LogP contribution in [0.3, 0.4) is 0 Å². The number of rotatable bonds is 3. The first-order chi connectivity index (χ1) is 7.66. The molecule has 1 aliphatic carbocycles. The predicted octanol–water partition coefficient (Wildman–Crippen LogP) is 2.60. The molecule has 1 fully saturated rings. The maximum Gasteiger partial charge on any atom is 0.338 e. The lowest BCUT2D eigenvalue weighted by atomic mass is 9.96. The van der Waals surface area contributed by atoms with Crippen LogP contribution < -0.4 is 0 Å². The van der Waals surface area contributed by atoms with Crippen LogP contribution in [0.2, 0.25) is 0 Å². The van der Waals surface area contributed by atoms with E-state index in [4.69, 9.17) is 4.74 Å². The van der Waals surface area contributed by atoms with Crippen molar-refractivity contribution in [2.24, 2.45) is 0 Å². The summed E-state index contributed by atoms with van der Waals surface area (Å²) in [6.45, 7) is 1.50. The van der Waals surface area contributed by atoms with Gasteiger partial charge in [-0.3, -0.25) is 4.79 Å². The van der Waals surface area contributed by atoms with E-state index in [1.54, 1.807) is 24.3 Å². The van der Waals surface area contributed by atoms with Crippen LogP contribution in [0.5, 0.6) is 0 Å². The first-order valence-corrected chi connectivity index (χ1v) is 5.49. The number of ether oxygens (including phenoxy) is 1. The molecule has 1 aromatic carbocycles. The van der Waals surface area contributed by atoms with Gasteiger partial charge in [-0.25, -0.2) is 4.79 Å². The number of carbonyl (C=O) groups is 2. The number of hydrogen-bond acceptors (Lipinski definition) is 3. The SMILES string of the molecule is CC(=O)c1ccc(C(=O)OC2CCC2)cc1. The van der Waals surface area contributed by atoms with Gasteiger partial charge in [-0.2, -0.15) is 0 Å². The van der Waals surface area contributed by atoms with E-state index >= 15 is 0 Å². The third-order valence-corrected chi connectivity index (χ3v) is 2.85. The molecule has 0 amide bonds. The Morgan fingerprint density at radius 2 is 1.69 bits per heavy atom. The van der Waals surface area contributed by atoms with Crippen molar-refractivity contribution in [2.45, 2.75) is 32.3 Å². The molecule has 0 unspecified atom stereocenters. The number of carbonyl (C=O) groups excluding carboxylic acids is 2. The Morgan fingerprint density at radius 1 is 1.12 bits per heavy atom. The molecule has 0 atom stereocenters. The number of esters is 1. The van der Waals surface area contributed by atoms with Crippen LogP contribution in [0.4, 0.5) is 0 Å². The molecule has 0 aromatic heterocycles. The molecule has 3 nitrogen and oxygen atoms in total. The molecule has 84 valence electrons. The second-order valence-corrected chi connectivity index (χ2v) is 4.09. The molecule has 16 heavy (non-hydrogen) atoms. The highest BCUT2D eigenvalue weighted by molar-refractivity contribution is 5.96. The van der Waals surface area contributed by atoms with Crippen molar-refractivity contribution >= 4 is 11.8 Å². The largest absolute Gasteiger partial charge is 0.459 e. The minimum absolute atomic E-state index is 0.00101. The quantitative estimate of drug-likeness (QED) is 0.578. The molecule has 1 aliphatic rings. The van der Waals surface area contributed by atoms with E-state index < -0.39 is 0 Å². The van der Waals surface area contributed by atoms with Crippen molar-refractivity contribution in [1.29, 1.82) is 0 Å². The second kappa shape index (κ2) is 4.47. The molecule has 2 rings (SSSR count). The first kappa shape index (κ1) is 10.9. The Kier molecular flexibility index (Phi) is 3.04. The van der Waals surface area contributed by atoms with Crippen molar-refractivity contribution in [3.8, 4) is 0 Å². The topological polar surface area (TPSA) is 43.4 Å². The Morgan fingerprint density at radius 3 is 2.12 bits per heavy atom. The first-order valence-electron chi connectivity index (χ1n) is 5.49. The van der Waals surface area contributed by atoms with Gasteiger partial charge in [0, 0.05) is 5.56 Å². The van der Waals surface area contributed by atoms with E-state index in [1.165, 1.54) is 6.92 Å². The van der Waals surface area contributed by atoms with Crippen LogP contribution in [0, 0.1) is 0 Å². The summed E-state index contributed by atoms with van der Waals surface area (Å²) in [7, 11) is 0. The van der Waals surface area contributed by atoms with Crippen LogP contribution in [-0.2, 0) is 4.74 Å².